The molecule has 2 aromatic rings. The minimum Gasteiger partial charge on any atom is -0.340 e. The van der Waals surface area contributed by atoms with Crippen molar-refractivity contribution in [2.45, 2.75) is 13.3 Å². The molecule has 1 heterocycles. The maximum absolute atomic E-state index is 12.3. The number of hydrogen-bond acceptors (Lipinski definition) is 1. The first-order valence-electron chi connectivity index (χ1n) is 6.49. The second-order valence-electron chi connectivity index (χ2n) is 4.47. The average Bonchev–Trinajstić information content (AvgIpc) is 2.80. The van der Waals surface area contributed by atoms with Crippen molar-refractivity contribution in [2.75, 3.05) is 13.1 Å². The van der Waals surface area contributed by atoms with Gasteiger partial charge in [0.2, 0.25) is 0 Å². The van der Waals surface area contributed by atoms with Crippen LogP contribution in [0.5, 0.6) is 0 Å². The van der Waals surface area contributed by atoms with Crippen LogP contribution in [0.1, 0.15) is 23.0 Å². The lowest BCUT2D eigenvalue weighted by atomic mass is 10.1. The molecule has 1 aromatic carbocycles. The predicted octanol–water partition coefficient (Wildman–Crippen LogP) is 4.03. The van der Waals surface area contributed by atoms with Crippen molar-refractivity contribution in [3.8, 4) is 0 Å². The lowest BCUT2D eigenvalue weighted by Gasteiger charge is -2.20. The molecule has 0 bridgehead atoms. The molecule has 1 amide bonds. The maximum Gasteiger partial charge on any atom is 0.270 e. The Morgan fingerprint density at radius 1 is 1.25 bits per heavy atom. The highest BCUT2D eigenvalue weighted by atomic mass is 35.5. The SMILES string of the molecule is CCN(CCc1ccccc1)C(=O)c1cc(Cl)c(Cl)[nH]1. The number of likely N-dealkylation sites (N-methyl/N-ethyl adjacent to an activating group) is 1. The molecule has 0 spiro atoms. The summed E-state index contributed by atoms with van der Waals surface area (Å²) < 4.78 is 0. The summed E-state index contributed by atoms with van der Waals surface area (Å²) in [6.45, 7) is 3.25. The molecule has 5 heteroatoms. The highest BCUT2D eigenvalue weighted by molar-refractivity contribution is 6.41. The van der Waals surface area contributed by atoms with E-state index in [-0.39, 0.29) is 5.91 Å². The third-order valence-electron chi connectivity index (χ3n) is 3.14. The maximum atomic E-state index is 12.3. The van der Waals surface area contributed by atoms with Gasteiger partial charge in [-0.3, -0.25) is 4.79 Å². The van der Waals surface area contributed by atoms with Crippen LogP contribution in [-0.2, 0) is 6.42 Å². The topological polar surface area (TPSA) is 36.1 Å². The number of hydrogen-bond donors (Lipinski definition) is 1. The average molecular weight is 311 g/mol. The first-order chi connectivity index (χ1) is 9.61. The molecule has 1 N–H and O–H groups in total. The molecule has 0 unspecified atom stereocenters. The Balaban J connectivity index is 2.02. The zero-order valence-electron chi connectivity index (χ0n) is 11.2. The summed E-state index contributed by atoms with van der Waals surface area (Å²) in [5, 5.41) is 0.670. The molecule has 3 nitrogen and oxygen atoms in total. The molecule has 106 valence electrons. The van der Waals surface area contributed by atoms with Crippen LogP contribution >= 0.6 is 23.2 Å². The fourth-order valence-electron chi connectivity index (χ4n) is 2.00. The van der Waals surface area contributed by atoms with Gasteiger partial charge in [-0.1, -0.05) is 53.5 Å². The number of carbonyl (C=O) groups excluding carboxylic acids is 1. The molecule has 0 aliphatic carbocycles. The Morgan fingerprint density at radius 3 is 2.50 bits per heavy atom. The number of aromatic nitrogens is 1. The summed E-state index contributed by atoms with van der Waals surface area (Å²) in [7, 11) is 0. The molecular weight excluding hydrogens is 295 g/mol. The number of nitrogens with zero attached hydrogens (tertiary/aromatic N) is 1. The summed E-state index contributed by atoms with van der Waals surface area (Å²) in [6.07, 6.45) is 0.822. The molecule has 0 radical (unpaired) electrons. The van der Waals surface area contributed by atoms with E-state index in [4.69, 9.17) is 23.2 Å². The zero-order chi connectivity index (χ0) is 14.5. The van der Waals surface area contributed by atoms with E-state index < -0.39 is 0 Å². The molecule has 20 heavy (non-hydrogen) atoms. The van der Waals surface area contributed by atoms with Crippen LogP contribution in [-0.4, -0.2) is 28.9 Å². The molecule has 0 saturated carbocycles. The highest BCUT2D eigenvalue weighted by Crippen LogP contribution is 2.22. The number of amides is 1. The summed E-state index contributed by atoms with van der Waals surface area (Å²) in [5.74, 6) is -0.0859. The van der Waals surface area contributed by atoms with Crippen molar-refractivity contribution in [2.24, 2.45) is 0 Å². The minimum absolute atomic E-state index is 0.0859. The van der Waals surface area contributed by atoms with Gasteiger partial charge in [0.05, 0.1) is 5.02 Å². The van der Waals surface area contributed by atoms with Crippen LogP contribution in [0.25, 0.3) is 0 Å². The fraction of sp³-hybridized carbons (Fsp3) is 0.267. The van der Waals surface area contributed by atoms with Gasteiger partial charge in [-0.2, -0.15) is 0 Å². The van der Waals surface area contributed by atoms with E-state index in [2.05, 4.69) is 17.1 Å². The monoisotopic (exact) mass is 310 g/mol. The van der Waals surface area contributed by atoms with Crippen LogP contribution in [0.4, 0.5) is 0 Å². The van der Waals surface area contributed by atoms with Crippen LogP contribution in [0.3, 0.4) is 0 Å². The van der Waals surface area contributed by atoms with Crippen molar-refractivity contribution < 1.29 is 4.79 Å². The number of carbonyl (C=O) groups is 1. The van der Waals surface area contributed by atoms with E-state index >= 15 is 0 Å². The number of benzene rings is 1. The highest BCUT2D eigenvalue weighted by Gasteiger charge is 2.17. The van der Waals surface area contributed by atoms with Gasteiger partial charge in [-0.25, -0.2) is 0 Å². The van der Waals surface area contributed by atoms with Gasteiger partial charge in [-0.05, 0) is 25.0 Å². The molecular formula is C15H16Cl2N2O. The first-order valence-corrected chi connectivity index (χ1v) is 7.24. The van der Waals surface area contributed by atoms with Crippen molar-refractivity contribution in [3.05, 3.63) is 57.8 Å². The summed E-state index contributed by atoms with van der Waals surface area (Å²) in [5.41, 5.74) is 1.64. The van der Waals surface area contributed by atoms with E-state index in [0.29, 0.717) is 29.0 Å². The minimum atomic E-state index is -0.0859. The van der Waals surface area contributed by atoms with Gasteiger partial charge in [0.1, 0.15) is 10.8 Å². The summed E-state index contributed by atoms with van der Waals surface area (Å²) >= 11 is 11.7. The molecule has 1 aromatic heterocycles. The third-order valence-corrected chi connectivity index (χ3v) is 3.83. The molecule has 0 aliphatic heterocycles. The molecule has 0 aliphatic rings. The fourth-order valence-corrected chi connectivity index (χ4v) is 2.31. The van der Waals surface area contributed by atoms with Crippen LogP contribution in [0.15, 0.2) is 36.4 Å². The van der Waals surface area contributed by atoms with Gasteiger partial charge < -0.3 is 9.88 Å². The van der Waals surface area contributed by atoms with E-state index in [1.54, 1.807) is 11.0 Å². The Hall–Kier alpha value is -1.45. The van der Waals surface area contributed by atoms with Crippen molar-refractivity contribution in [1.29, 1.82) is 0 Å². The van der Waals surface area contributed by atoms with Gasteiger partial charge >= 0.3 is 0 Å². The van der Waals surface area contributed by atoms with Crippen LogP contribution < -0.4 is 0 Å². The lowest BCUT2D eigenvalue weighted by Crippen LogP contribution is -2.32. The predicted molar refractivity (Wildman–Crippen MR) is 82.5 cm³/mol. The van der Waals surface area contributed by atoms with Crippen molar-refractivity contribution in [1.82, 2.24) is 9.88 Å². The number of nitrogens with one attached hydrogen (secondary N) is 1. The largest absolute Gasteiger partial charge is 0.340 e. The lowest BCUT2D eigenvalue weighted by molar-refractivity contribution is 0.0761. The van der Waals surface area contributed by atoms with Gasteiger partial charge in [0.15, 0.2) is 0 Å². The number of aromatic amines is 1. The number of halogens is 2. The Bertz CT molecular complexity index is 561. The Kier molecular flexibility index (Phi) is 5.10. The quantitative estimate of drug-likeness (QED) is 0.889. The van der Waals surface area contributed by atoms with Crippen LogP contribution in [0, 0.1) is 0 Å². The van der Waals surface area contributed by atoms with E-state index in [1.807, 2.05) is 25.1 Å². The molecule has 2 rings (SSSR count). The third kappa shape index (κ3) is 3.56. The smallest absolute Gasteiger partial charge is 0.270 e. The van der Waals surface area contributed by atoms with Crippen molar-refractivity contribution >= 4 is 29.1 Å². The van der Waals surface area contributed by atoms with Gasteiger partial charge in [0.25, 0.3) is 5.91 Å². The second kappa shape index (κ2) is 6.82. The Labute approximate surface area is 128 Å². The normalized spacial score (nSPS) is 10.6. The number of rotatable bonds is 5. The van der Waals surface area contributed by atoms with Gasteiger partial charge in [0, 0.05) is 13.1 Å². The van der Waals surface area contributed by atoms with E-state index in [1.165, 1.54) is 5.56 Å². The Morgan fingerprint density at radius 2 is 1.95 bits per heavy atom. The van der Waals surface area contributed by atoms with E-state index in [0.717, 1.165) is 6.42 Å². The molecule has 0 atom stereocenters. The standard InChI is InChI=1S/C15H16Cl2N2O/c1-2-19(9-8-11-6-4-3-5-7-11)15(20)13-10-12(16)14(17)18-13/h3-7,10,18H,2,8-9H2,1H3. The van der Waals surface area contributed by atoms with Crippen molar-refractivity contribution in [3.63, 3.8) is 0 Å². The first kappa shape index (κ1) is 14.9. The van der Waals surface area contributed by atoms with Crippen LogP contribution in [0.2, 0.25) is 10.2 Å². The summed E-state index contributed by atoms with van der Waals surface area (Å²) in [4.78, 5) is 16.9. The van der Waals surface area contributed by atoms with E-state index in [9.17, 15) is 4.79 Å². The van der Waals surface area contributed by atoms with Gasteiger partial charge in [-0.15, -0.1) is 0 Å². The summed E-state index contributed by atoms with van der Waals surface area (Å²) in [6, 6.07) is 11.7. The zero-order valence-corrected chi connectivity index (χ0v) is 12.7. The molecule has 0 saturated heterocycles. The molecule has 0 fully saturated rings. The second-order valence-corrected chi connectivity index (χ2v) is 5.25. The number of H-pyrrole nitrogens is 1.